The first-order valence-corrected chi connectivity index (χ1v) is 6.68. The van der Waals surface area contributed by atoms with Gasteiger partial charge in [-0.1, -0.05) is 0 Å². The third-order valence-electron chi connectivity index (χ3n) is 2.78. The van der Waals surface area contributed by atoms with Crippen LogP contribution in [0.1, 0.15) is 32.6 Å². The molecule has 10 heteroatoms. The topological polar surface area (TPSA) is 168 Å². The number of esters is 2. The van der Waals surface area contributed by atoms with Crippen molar-refractivity contribution < 1.29 is 49.1 Å². The van der Waals surface area contributed by atoms with Crippen LogP contribution in [0.15, 0.2) is 0 Å². The van der Waals surface area contributed by atoms with Gasteiger partial charge in [-0.3, -0.25) is 19.2 Å². The van der Waals surface area contributed by atoms with E-state index in [1.54, 1.807) is 0 Å². The van der Waals surface area contributed by atoms with Crippen LogP contribution in [-0.2, 0) is 28.7 Å². The Labute approximate surface area is 131 Å². The maximum absolute atomic E-state index is 11.4. The van der Waals surface area contributed by atoms with Crippen LogP contribution in [0, 0.1) is 0 Å². The molecule has 0 aromatic carbocycles. The number of rotatable bonds is 11. The summed E-state index contributed by atoms with van der Waals surface area (Å²) in [4.78, 5) is 44.0. The Morgan fingerprint density at radius 1 is 1.09 bits per heavy atom. The van der Waals surface area contributed by atoms with Gasteiger partial charge in [0, 0.05) is 13.3 Å². The fraction of sp³-hybridized carbons (Fsp3) is 0.692. The van der Waals surface area contributed by atoms with Gasteiger partial charge in [0.2, 0.25) is 0 Å². The van der Waals surface area contributed by atoms with E-state index in [2.05, 4.69) is 4.74 Å². The van der Waals surface area contributed by atoms with Gasteiger partial charge < -0.3 is 29.9 Å². The zero-order chi connectivity index (χ0) is 18.0. The van der Waals surface area contributed by atoms with Crippen molar-refractivity contribution in [3.63, 3.8) is 0 Å². The fourth-order valence-corrected chi connectivity index (χ4v) is 1.83. The third-order valence-corrected chi connectivity index (χ3v) is 2.78. The molecule has 0 spiro atoms. The first-order chi connectivity index (χ1) is 10.6. The smallest absolute Gasteiger partial charge is 0.313 e. The summed E-state index contributed by atoms with van der Waals surface area (Å²) in [5.74, 6) is -4.55. The average Bonchev–Trinajstić information content (AvgIpc) is 2.40. The zero-order valence-electron chi connectivity index (χ0n) is 12.6. The molecule has 0 rings (SSSR count). The van der Waals surface area contributed by atoms with Crippen LogP contribution in [0.4, 0.5) is 0 Å². The summed E-state index contributed by atoms with van der Waals surface area (Å²) in [5.41, 5.74) is -1.79. The van der Waals surface area contributed by atoms with E-state index in [1.807, 2.05) is 0 Å². The number of aliphatic hydroxyl groups is 2. The predicted octanol–water partition coefficient (Wildman–Crippen LogP) is -1.09. The molecular formula is C13H20O10. The fourth-order valence-electron chi connectivity index (χ4n) is 1.83. The van der Waals surface area contributed by atoms with Crippen LogP contribution in [0.25, 0.3) is 0 Å². The molecule has 0 radical (unpaired) electrons. The van der Waals surface area contributed by atoms with Crippen molar-refractivity contribution in [2.45, 2.75) is 44.3 Å². The summed E-state index contributed by atoms with van der Waals surface area (Å²) < 4.78 is 9.48. The van der Waals surface area contributed by atoms with Gasteiger partial charge in [-0.05, 0) is 6.42 Å². The summed E-state index contributed by atoms with van der Waals surface area (Å²) in [6.45, 7) is -0.171. The lowest BCUT2D eigenvalue weighted by Crippen LogP contribution is -2.41. The van der Waals surface area contributed by atoms with Crippen molar-refractivity contribution in [1.82, 2.24) is 0 Å². The van der Waals surface area contributed by atoms with Crippen molar-refractivity contribution in [3.05, 3.63) is 0 Å². The van der Waals surface area contributed by atoms with E-state index in [0.29, 0.717) is 0 Å². The lowest BCUT2D eigenvalue weighted by molar-refractivity contribution is -0.166. The van der Waals surface area contributed by atoms with Crippen molar-refractivity contribution in [2.24, 2.45) is 0 Å². The number of carboxylic acids is 2. The number of carboxylic acid groups (broad SMARTS) is 2. The maximum atomic E-state index is 11.4. The van der Waals surface area contributed by atoms with Crippen LogP contribution in [0.5, 0.6) is 0 Å². The van der Waals surface area contributed by atoms with Gasteiger partial charge in [0.05, 0.1) is 31.7 Å². The van der Waals surface area contributed by atoms with Gasteiger partial charge in [-0.25, -0.2) is 0 Å². The van der Waals surface area contributed by atoms with E-state index in [-0.39, 0.29) is 6.42 Å². The normalized spacial score (nSPS) is 12.5. The molecule has 23 heavy (non-hydrogen) atoms. The maximum Gasteiger partial charge on any atom is 0.313 e. The molecule has 1 atom stereocenters. The Balaban J connectivity index is 5.10. The zero-order valence-corrected chi connectivity index (χ0v) is 12.6. The van der Waals surface area contributed by atoms with E-state index in [0.717, 1.165) is 6.92 Å². The molecule has 0 heterocycles. The number of aliphatic carboxylic acids is 2. The summed E-state index contributed by atoms with van der Waals surface area (Å²) in [6, 6.07) is 0. The van der Waals surface area contributed by atoms with E-state index < -0.39 is 68.1 Å². The number of carbonyl (C=O) groups is 4. The summed E-state index contributed by atoms with van der Waals surface area (Å²) >= 11 is 0. The average molecular weight is 336 g/mol. The Kier molecular flexibility index (Phi) is 9.00. The van der Waals surface area contributed by atoms with E-state index in [1.165, 1.54) is 0 Å². The minimum absolute atomic E-state index is 0.351. The van der Waals surface area contributed by atoms with Crippen LogP contribution in [-0.4, -0.2) is 69.2 Å². The van der Waals surface area contributed by atoms with Gasteiger partial charge in [0.15, 0.2) is 0 Å². The van der Waals surface area contributed by atoms with Crippen molar-refractivity contribution in [3.8, 4) is 0 Å². The van der Waals surface area contributed by atoms with E-state index >= 15 is 0 Å². The Hall–Kier alpha value is -2.04. The second kappa shape index (κ2) is 9.87. The first-order valence-electron chi connectivity index (χ1n) is 6.68. The SMILES string of the molecule is CC(=O)OC(=O)CCC(CC(=O)O)(CC(=O)O)OCC(O)CO. The highest BCUT2D eigenvalue weighted by Crippen LogP contribution is 2.28. The molecule has 0 saturated carbocycles. The molecule has 0 fully saturated rings. The minimum atomic E-state index is -1.79. The third kappa shape index (κ3) is 9.55. The first kappa shape index (κ1) is 21.0. The Morgan fingerprint density at radius 3 is 2.00 bits per heavy atom. The number of ether oxygens (including phenoxy) is 2. The predicted molar refractivity (Wildman–Crippen MR) is 72.3 cm³/mol. The highest BCUT2D eigenvalue weighted by Gasteiger charge is 2.37. The van der Waals surface area contributed by atoms with Gasteiger partial charge in [0.25, 0.3) is 0 Å². The van der Waals surface area contributed by atoms with Crippen molar-refractivity contribution >= 4 is 23.9 Å². The molecule has 10 nitrogen and oxygen atoms in total. The molecule has 0 aliphatic carbocycles. The molecule has 4 N–H and O–H groups in total. The molecule has 0 bridgehead atoms. The van der Waals surface area contributed by atoms with Gasteiger partial charge in [-0.2, -0.15) is 0 Å². The van der Waals surface area contributed by atoms with Crippen LogP contribution in [0.2, 0.25) is 0 Å². The highest BCUT2D eigenvalue weighted by atomic mass is 16.6. The van der Waals surface area contributed by atoms with Crippen molar-refractivity contribution in [2.75, 3.05) is 13.2 Å². The van der Waals surface area contributed by atoms with E-state index in [9.17, 15) is 24.3 Å². The van der Waals surface area contributed by atoms with Gasteiger partial charge >= 0.3 is 23.9 Å². The summed E-state index contributed by atoms with van der Waals surface area (Å²) in [6.07, 6.45) is -3.62. The molecule has 0 aromatic rings. The molecule has 1 unspecified atom stereocenters. The van der Waals surface area contributed by atoms with Crippen LogP contribution in [0.3, 0.4) is 0 Å². The Morgan fingerprint density at radius 2 is 1.61 bits per heavy atom. The number of hydrogen-bond acceptors (Lipinski definition) is 8. The summed E-state index contributed by atoms with van der Waals surface area (Å²) in [7, 11) is 0. The van der Waals surface area contributed by atoms with Crippen LogP contribution >= 0.6 is 0 Å². The molecule has 0 saturated heterocycles. The van der Waals surface area contributed by atoms with Crippen LogP contribution < -0.4 is 0 Å². The molecule has 0 aliphatic heterocycles. The van der Waals surface area contributed by atoms with Crippen molar-refractivity contribution in [1.29, 1.82) is 0 Å². The lowest BCUT2D eigenvalue weighted by atomic mass is 9.89. The number of aliphatic hydroxyl groups excluding tert-OH is 2. The van der Waals surface area contributed by atoms with Gasteiger partial charge in [-0.15, -0.1) is 0 Å². The summed E-state index contributed by atoms with van der Waals surface area (Å²) in [5, 5.41) is 35.9. The largest absolute Gasteiger partial charge is 0.481 e. The molecular weight excluding hydrogens is 316 g/mol. The number of carbonyl (C=O) groups excluding carboxylic acids is 2. The highest BCUT2D eigenvalue weighted by molar-refractivity contribution is 5.84. The molecule has 132 valence electrons. The van der Waals surface area contributed by atoms with Gasteiger partial charge in [0.1, 0.15) is 6.10 Å². The second-order valence-electron chi connectivity index (χ2n) is 4.94. The monoisotopic (exact) mass is 336 g/mol. The molecule has 0 aliphatic rings. The molecule has 0 aromatic heterocycles. The number of hydrogen-bond donors (Lipinski definition) is 4. The second-order valence-corrected chi connectivity index (χ2v) is 4.94. The minimum Gasteiger partial charge on any atom is -0.481 e. The lowest BCUT2D eigenvalue weighted by Gasteiger charge is -2.31. The molecule has 0 amide bonds. The van der Waals surface area contributed by atoms with E-state index in [4.69, 9.17) is 20.1 Å². The standard InChI is InChI=1S/C13H20O10/c1-8(15)23-12(21)2-3-13(4-10(17)18,5-11(19)20)22-7-9(16)6-14/h9,14,16H,2-7H2,1H3,(H,17,18)(H,19,20). The Bertz CT molecular complexity index is 428. The quantitative estimate of drug-likeness (QED) is 0.269.